The Morgan fingerprint density at radius 2 is 2.31 bits per heavy atom. The summed E-state index contributed by atoms with van der Waals surface area (Å²) in [6, 6.07) is 2.50. The van der Waals surface area contributed by atoms with Gasteiger partial charge in [-0.3, -0.25) is 0 Å². The summed E-state index contributed by atoms with van der Waals surface area (Å²) in [7, 11) is 1.74. The van der Waals surface area contributed by atoms with Crippen molar-refractivity contribution >= 4 is 17.0 Å². The van der Waals surface area contributed by atoms with Crippen LogP contribution in [0.4, 0.5) is 5.69 Å². The molecule has 0 fully saturated rings. The number of methoxy groups -OCH3 is 1. The molecule has 0 saturated heterocycles. The summed E-state index contributed by atoms with van der Waals surface area (Å²) in [5.41, 5.74) is 1.20. The largest absolute Gasteiger partial charge is 0.383 e. The maximum Gasteiger partial charge on any atom is 0.0666 e. The number of thiophene rings is 1. The van der Waals surface area contributed by atoms with Gasteiger partial charge >= 0.3 is 0 Å². The average Bonchev–Trinajstić information content (AvgIpc) is 2.56. The van der Waals surface area contributed by atoms with E-state index in [1.165, 1.54) is 5.69 Å². The molecule has 1 aromatic rings. The molecule has 1 N–H and O–H groups in total. The highest BCUT2D eigenvalue weighted by molar-refractivity contribution is 7.08. The minimum absolute atomic E-state index is 0.402. The molecule has 0 aromatic carbocycles. The highest BCUT2D eigenvalue weighted by Gasteiger charge is 2.12. The van der Waals surface area contributed by atoms with Gasteiger partial charge in [0.15, 0.2) is 0 Å². The van der Waals surface area contributed by atoms with Crippen molar-refractivity contribution in [2.24, 2.45) is 5.92 Å². The molecule has 2 nitrogen and oxygen atoms in total. The Hall–Kier alpha value is -0.540. The number of ether oxygens (including phenoxy) is 1. The molecule has 74 valence electrons. The molecule has 3 heteroatoms. The van der Waals surface area contributed by atoms with E-state index in [2.05, 4.69) is 36.0 Å². The molecule has 1 aromatic heterocycles. The zero-order valence-corrected chi connectivity index (χ0v) is 9.23. The lowest BCUT2D eigenvalue weighted by Gasteiger charge is -2.21. The van der Waals surface area contributed by atoms with Gasteiger partial charge in [0, 0.05) is 18.2 Å². The lowest BCUT2D eigenvalue weighted by Crippen LogP contribution is -2.30. The molecule has 0 spiro atoms. The van der Waals surface area contributed by atoms with Crippen LogP contribution in [-0.4, -0.2) is 19.8 Å². The molecule has 0 aliphatic carbocycles. The molecular formula is C10H17NOS. The summed E-state index contributed by atoms with van der Waals surface area (Å²) in [5.74, 6) is 0.583. The first-order valence-corrected chi connectivity index (χ1v) is 5.46. The summed E-state index contributed by atoms with van der Waals surface area (Å²) in [4.78, 5) is 0. The van der Waals surface area contributed by atoms with Crippen molar-refractivity contribution in [2.45, 2.75) is 19.9 Å². The predicted octanol–water partition coefficient (Wildman–Crippen LogP) is 2.83. The van der Waals surface area contributed by atoms with Gasteiger partial charge < -0.3 is 10.1 Å². The fourth-order valence-electron chi connectivity index (χ4n) is 1.14. The van der Waals surface area contributed by atoms with Crippen LogP contribution in [0.3, 0.4) is 0 Å². The van der Waals surface area contributed by atoms with Crippen LogP contribution < -0.4 is 5.32 Å². The number of anilines is 1. The fourth-order valence-corrected chi connectivity index (χ4v) is 1.74. The highest BCUT2D eigenvalue weighted by atomic mass is 32.1. The van der Waals surface area contributed by atoms with Crippen molar-refractivity contribution in [2.75, 3.05) is 19.0 Å². The van der Waals surface area contributed by atoms with Crippen LogP contribution in [-0.2, 0) is 4.74 Å². The SMILES string of the molecule is COCC(Nc1ccsc1)C(C)C. The third-order valence-electron chi connectivity index (χ3n) is 2.02. The van der Waals surface area contributed by atoms with Crippen LogP contribution in [0.1, 0.15) is 13.8 Å². The lowest BCUT2D eigenvalue weighted by atomic mass is 10.1. The number of rotatable bonds is 5. The van der Waals surface area contributed by atoms with Gasteiger partial charge in [-0.2, -0.15) is 11.3 Å². The van der Waals surface area contributed by atoms with E-state index in [-0.39, 0.29) is 0 Å². The zero-order valence-electron chi connectivity index (χ0n) is 8.41. The number of hydrogen-bond acceptors (Lipinski definition) is 3. The van der Waals surface area contributed by atoms with Gasteiger partial charge in [-0.25, -0.2) is 0 Å². The number of hydrogen-bond donors (Lipinski definition) is 1. The van der Waals surface area contributed by atoms with Crippen molar-refractivity contribution in [3.63, 3.8) is 0 Å². The van der Waals surface area contributed by atoms with E-state index in [4.69, 9.17) is 4.74 Å². The lowest BCUT2D eigenvalue weighted by molar-refractivity contribution is 0.171. The first-order valence-electron chi connectivity index (χ1n) is 4.51. The standard InChI is InChI=1S/C10H17NOS/c1-8(2)10(6-12-3)11-9-4-5-13-7-9/h4-5,7-8,10-11H,6H2,1-3H3. The van der Waals surface area contributed by atoms with Crippen molar-refractivity contribution in [3.8, 4) is 0 Å². The van der Waals surface area contributed by atoms with E-state index >= 15 is 0 Å². The zero-order chi connectivity index (χ0) is 9.68. The predicted molar refractivity (Wildman–Crippen MR) is 58.4 cm³/mol. The maximum absolute atomic E-state index is 5.15. The smallest absolute Gasteiger partial charge is 0.0666 e. The van der Waals surface area contributed by atoms with Crippen LogP contribution in [0.2, 0.25) is 0 Å². The Morgan fingerprint density at radius 3 is 2.77 bits per heavy atom. The summed E-state index contributed by atoms with van der Waals surface area (Å²) < 4.78 is 5.15. The van der Waals surface area contributed by atoms with Crippen LogP contribution in [0.15, 0.2) is 16.8 Å². The Bertz CT molecular complexity index is 221. The molecule has 0 radical (unpaired) electrons. The van der Waals surface area contributed by atoms with E-state index in [0.29, 0.717) is 12.0 Å². The number of nitrogens with one attached hydrogen (secondary N) is 1. The molecule has 1 atom stereocenters. The van der Waals surface area contributed by atoms with Crippen molar-refractivity contribution in [1.29, 1.82) is 0 Å². The van der Waals surface area contributed by atoms with Gasteiger partial charge in [0.05, 0.1) is 12.6 Å². The molecule has 0 bridgehead atoms. The second kappa shape index (κ2) is 5.25. The van der Waals surface area contributed by atoms with Gasteiger partial charge in [-0.05, 0) is 17.4 Å². The molecule has 1 unspecified atom stereocenters. The molecular weight excluding hydrogens is 182 g/mol. The quantitative estimate of drug-likeness (QED) is 0.787. The third-order valence-corrected chi connectivity index (χ3v) is 2.71. The normalized spacial score (nSPS) is 13.2. The Labute approximate surface area is 83.9 Å². The molecule has 13 heavy (non-hydrogen) atoms. The molecule has 1 rings (SSSR count). The van der Waals surface area contributed by atoms with Crippen molar-refractivity contribution < 1.29 is 4.74 Å². The highest BCUT2D eigenvalue weighted by Crippen LogP contribution is 2.16. The minimum Gasteiger partial charge on any atom is -0.383 e. The minimum atomic E-state index is 0.402. The van der Waals surface area contributed by atoms with E-state index in [1.807, 2.05) is 0 Å². The van der Waals surface area contributed by atoms with Gasteiger partial charge in [0.2, 0.25) is 0 Å². The van der Waals surface area contributed by atoms with Gasteiger partial charge in [0.25, 0.3) is 0 Å². The maximum atomic E-state index is 5.15. The molecule has 0 saturated carbocycles. The Morgan fingerprint density at radius 1 is 1.54 bits per heavy atom. The van der Waals surface area contributed by atoms with E-state index in [0.717, 1.165) is 6.61 Å². The molecule has 0 aliphatic heterocycles. The average molecular weight is 199 g/mol. The van der Waals surface area contributed by atoms with E-state index in [9.17, 15) is 0 Å². The second-order valence-electron chi connectivity index (χ2n) is 3.46. The second-order valence-corrected chi connectivity index (χ2v) is 4.24. The van der Waals surface area contributed by atoms with E-state index in [1.54, 1.807) is 18.4 Å². The fraction of sp³-hybridized carbons (Fsp3) is 0.600. The third kappa shape index (κ3) is 3.36. The van der Waals surface area contributed by atoms with Gasteiger partial charge in [0.1, 0.15) is 0 Å². The van der Waals surface area contributed by atoms with E-state index < -0.39 is 0 Å². The Kier molecular flexibility index (Phi) is 4.25. The monoisotopic (exact) mass is 199 g/mol. The molecule has 0 amide bonds. The summed E-state index contributed by atoms with van der Waals surface area (Å²) >= 11 is 1.71. The molecule has 0 aliphatic rings. The van der Waals surface area contributed by atoms with Crippen LogP contribution in [0.5, 0.6) is 0 Å². The van der Waals surface area contributed by atoms with Crippen LogP contribution in [0.25, 0.3) is 0 Å². The topological polar surface area (TPSA) is 21.3 Å². The first kappa shape index (κ1) is 10.5. The van der Waals surface area contributed by atoms with Crippen molar-refractivity contribution in [3.05, 3.63) is 16.8 Å². The van der Waals surface area contributed by atoms with Crippen LogP contribution in [0, 0.1) is 5.92 Å². The van der Waals surface area contributed by atoms with Gasteiger partial charge in [-0.15, -0.1) is 0 Å². The summed E-state index contributed by atoms with van der Waals surface area (Å²) in [6.45, 7) is 5.15. The Balaban J connectivity index is 2.47. The van der Waals surface area contributed by atoms with Crippen LogP contribution >= 0.6 is 11.3 Å². The summed E-state index contributed by atoms with van der Waals surface area (Å²) in [6.07, 6.45) is 0. The first-order chi connectivity index (χ1) is 6.24. The summed E-state index contributed by atoms with van der Waals surface area (Å²) in [5, 5.41) is 7.64. The molecule has 1 heterocycles. The van der Waals surface area contributed by atoms with Gasteiger partial charge in [-0.1, -0.05) is 13.8 Å². The van der Waals surface area contributed by atoms with Crippen molar-refractivity contribution in [1.82, 2.24) is 0 Å².